The molecule has 18 heteroatoms. The van der Waals surface area contributed by atoms with Gasteiger partial charge in [0, 0.05) is 26.2 Å². The molecule has 5 atom stereocenters. The number of aliphatic hydroxyl groups is 2. The predicted molar refractivity (Wildman–Crippen MR) is 117 cm³/mol. The predicted octanol–water partition coefficient (Wildman–Crippen LogP) is -1.31. The van der Waals surface area contributed by atoms with Crippen molar-refractivity contribution in [1.82, 2.24) is 19.4 Å². The molecule has 2 aromatic rings. The molecular weight excluding hydrogens is 512 g/mol. The highest BCUT2D eigenvalue weighted by Crippen LogP contribution is 2.58. The Balaban J connectivity index is 1.96. The van der Waals surface area contributed by atoms with Crippen LogP contribution in [0.2, 0.25) is 0 Å². The van der Waals surface area contributed by atoms with E-state index in [1.165, 1.54) is 36.7 Å². The lowest BCUT2D eigenvalue weighted by molar-refractivity contribution is -0.122. The summed E-state index contributed by atoms with van der Waals surface area (Å²) in [5, 5.41) is 21.8. The number of phosphoric acid groups is 2. The number of carbonyl (C=O) groups is 1. The van der Waals surface area contributed by atoms with Crippen LogP contribution in [0.25, 0.3) is 11.0 Å². The summed E-state index contributed by atoms with van der Waals surface area (Å²) >= 11 is 0. The van der Waals surface area contributed by atoms with Crippen LogP contribution < -0.4 is 5.73 Å². The number of hydrogen-bond donors (Lipinski definition) is 6. The van der Waals surface area contributed by atoms with Gasteiger partial charge in [-0.05, 0) is 6.92 Å². The molecule has 192 valence electrons. The lowest BCUT2D eigenvalue weighted by Gasteiger charge is -2.27. The highest BCUT2D eigenvalue weighted by atomic mass is 31.3. The highest BCUT2D eigenvalue weighted by Gasteiger charge is 2.54. The van der Waals surface area contributed by atoms with Crippen LogP contribution in [-0.2, 0) is 27.5 Å². The van der Waals surface area contributed by atoms with Gasteiger partial charge in [-0.3, -0.25) is 9.32 Å². The van der Waals surface area contributed by atoms with E-state index >= 15 is 0 Å². The van der Waals surface area contributed by atoms with Gasteiger partial charge in [0.25, 0.3) is 5.91 Å². The third-order valence-electron chi connectivity index (χ3n) is 4.97. The number of fused-ring (bicyclic) bond motifs is 1. The SMILES string of the molecule is CN(C)C(=O)C#Cc1cn(C2OC(COP(=O)(O)OP(=O)(O)O)C(O)[C@@]2(C)O)c2ncnc(N)c12. The van der Waals surface area contributed by atoms with Crippen LogP contribution in [0.4, 0.5) is 5.82 Å². The Labute approximate surface area is 198 Å². The number of aromatic nitrogens is 3. The first kappa shape index (κ1) is 27.2. The van der Waals surface area contributed by atoms with Crippen molar-refractivity contribution in [2.24, 2.45) is 0 Å². The summed E-state index contributed by atoms with van der Waals surface area (Å²) in [6.45, 7) is 0.326. The minimum Gasteiger partial charge on any atom is -0.387 e. The number of nitrogens with two attached hydrogens (primary N) is 1. The third-order valence-corrected chi connectivity index (χ3v) is 7.12. The Morgan fingerprint density at radius 3 is 2.60 bits per heavy atom. The van der Waals surface area contributed by atoms with E-state index < -0.39 is 52.2 Å². The lowest BCUT2D eigenvalue weighted by atomic mass is 9.96. The Morgan fingerprint density at radius 1 is 1.34 bits per heavy atom. The number of rotatable bonds is 6. The minimum absolute atomic E-state index is 0.0178. The second-order valence-corrected chi connectivity index (χ2v) is 10.7. The van der Waals surface area contributed by atoms with Crippen LogP contribution in [0.1, 0.15) is 18.7 Å². The van der Waals surface area contributed by atoms with E-state index in [2.05, 4.69) is 30.6 Å². The first-order valence-electron chi connectivity index (χ1n) is 9.68. The van der Waals surface area contributed by atoms with E-state index in [9.17, 15) is 29.0 Å². The second kappa shape index (κ2) is 9.57. The quantitative estimate of drug-likeness (QED) is 0.186. The number of anilines is 1. The molecule has 0 saturated carbocycles. The summed E-state index contributed by atoms with van der Waals surface area (Å²) in [5.41, 5.74) is 4.29. The Morgan fingerprint density at radius 2 is 2.00 bits per heavy atom. The Kier molecular flexibility index (Phi) is 7.43. The second-order valence-electron chi connectivity index (χ2n) is 7.89. The number of phosphoric ester groups is 1. The summed E-state index contributed by atoms with van der Waals surface area (Å²) in [5.74, 6) is 4.60. The van der Waals surface area contributed by atoms with Gasteiger partial charge < -0.3 is 44.8 Å². The maximum absolute atomic E-state index is 11.9. The summed E-state index contributed by atoms with van der Waals surface area (Å²) in [6.07, 6.45) is -2.02. The number of aliphatic hydroxyl groups excluding tert-OH is 1. The first-order valence-corrected chi connectivity index (χ1v) is 12.7. The Hall–Kier alpha value is -2.41. The van der Waals surface area contributed by atoms with Gasteiger partial charge in [0.05, 0.1) is 17.6 Å². The molecule has 3 heterocycles. The fourth-order valence-electron chi connectivity index (χ4n) is 3.32. The van der Waals surface area contributed by atoms with E-state index in [1.54, 1.807) is 0 Å². The fraction of sp³-hybridized carbons (Fsp3) is 0.471. The van der Waals surface area contributed by atoms with Crippen LogP contribution in [0.3, 0.4) is 0 Å². The van der Waals surface area contributed by atoms with Crippen molar-refractivity contribution >= 4 is 38.4 Å². The summed E-state index contributed by atoms with van der Waals surface area (Å²) in [4.78, 5) is 48.0. The molecule has 2 aromatic heterocycles. The molecule has 1 aliphatic rings. The smallest absolute Gasteiger partial charge is 0.387 e. The van der Waals surface area contributed by atoms with Crippen molar-refractivity contribution < 1.29 is 52.4 Å². The average molecular weight is 535 g/mol. The number of nitrogen functional groups attached to an aromatic ring is 1. The van der Waals surface area contributed by atoms with Gasteiger partial charge in [-0.2, -0.15) is 4.31 Å². The number of carbonyl (C=O) groups excluding carboxylic acids is 1. The van der Waals surface area contributed by atoms with Crippen molar-refractivity contribution in [2.45, 2.75) is 31.0 Å². The zero-order valence-electron chi connectivity index (χ0n) is 18.5. The van der Waals surface area contributed by atoms with Crippen molar-refractivity contribution in [3.8, 4) is 11.8 Å². The van der Waals surface area contributed by atoms with Gasteiger partial charge in [-0.1, -0.05) is 5.92 Å². The normalized spacial score (nSPS) is 26.2. The lowest BCUT2D eigenvalue weighted by Crippen LogP contribution is -2.44. The molecule has 16 nitrogen and oxygen atoms in total. The fourth-order valence-corrected chi connectivity index (χ4v) is 4.92. The molecule has 7 N–H and O–H groups in total. The largest absolute Gasteiger partial charge is 0.481 e. The number of ether oxygens (including phenoxy) is 1. The molecule has 0 radical (unpaired) electrons. The van der Waals surface area contributed by atoms with Gasteiger partial charge in [-0.25, -0.2) is 19.1 Å². The maximum Gasteiger partial charge on any atom is 0.481 e. The van der Waals surface area contributed by atoms with E-state index in [1.807, 2.05) is 0 Å². The molecular formula is C17H23N5O11P2. The van der Waals surface area contributed by atoms with Gasteiger partial charge in [0.15, 0.2) is 6.23 Å². The third kappa shape index (κ3) is 5.88. The average Bonchev–Trinajstić information content (AvgIpc) is 3.19. The molecule has 3 rings (SSSR count). The maximum atomic E-state index is 11.9. The van der Waals surface area contributed by atoms with Crippen molar-refractivity contribution in [3.05, 3.63) is 18.1 Å². The molecule has 1 aliphatic heterocycles. The summed E-state index contributed by atoms with van der Waals surface area (Å²) in [6, 6.07) is 0. The molecule has 35 heavy (non-hydrogen) atoms. The summed E-state index contributed by atoms with van der Waals surface area (Å²) in [7, 11) is -7.56. The molecule has 1 saturated heterocycles. The van der Waals surface area contributed by atoms with Crippen LogP contribution in [-0.4, -0.2) is 88.7 Å². The zero-order chi connectivity index (χ0) is 26.3. The van der Waals surface area contributed by atoms with Gasteiger partial charge in [-0.15, -0.1) is 0 Å². The van der Waals surface area contributed by atoms with Crippen molar-refractivity contribution in [2.75, 3.05) is 26.4 Å². The van der Waals surface area contributed by atoms with Gasteiger partial charge in [0.1, 0.15) is 35.6 Å². The van der Waals surface area contributed by atoms with E-state index in [0.29, 0.717) is 0 Å². The van der Waals surface area contributed by atoms with Crippen LogP contribution in [0, 0.1) is 11.8 Å². The van der Waals surface area contributed by atoms with Crippen molar-refractivity contribution in [3.63, 3.8) is 0 Å². The summed E-state index contributed by atoms with van der Waals surface area (Å²) < 4.78 is 37.7. The van der Waals surface area contributed by atoms with Crippen LogP contribution in [0.5, 0.6) is 0 Å². The van der Waals surface area contributed by atoms with Crippen LogP contribution >= 0.6 is 15.6 Å². The molecule has 0 aromatic carbocycles. The van der Waals surface area contributed by atoms with Gasteiger partial charge >= 0.3 is 15.6 Å². The molecule has 4 unspecified atom stereocenters. The monoisotopic (exact) mass is 535 g/mol. The molecule has 0 bridgehead atoms. The minimum atomic E-state index is -5.36. The molecule has 1 fully saturated rings. The van der Waals surface area contributed by atoms with E-state index in [4.69, 9.17) is 20.3 Å². The van der Waals surface area contributed by atoms with E-state index in [0.717, 1.165) is 6.33 Å². The van der Waals surface area contributed by atoms with Crippen LogP contribution in [0.15, 0.2) is 12.5 Å². The molecule has 1 amide bonds. The zero-order valence-corrected chi connectivity index (χ0v) is 20.3. The van der Waals surface area contributed by atoms with Crippen molar-refractivity contribution in [1.29, 1.82) is 0 Å². The number of nitrogens with zero attached hydrogens (tertiary/aromatic N) is 4. The number of amides is 1. The number of hydrogen-bond acceptors (Lipinski definition) is 11. The topological polar surface area (TPSA) is 240 Å². The van der Waals surface area contributed by atoms with Gasteiger partial charge in [0.2, 0.25) is 0 Å². The molecule has 0 spiro atoms. The Bertz CT molecular complexity index is 1290. The standard InChI is InChI=1S/C17H23N5O11P2/c1-17(25)13(24)10(7-31-35(29,30)33-34(26,27)28)32-16(17)22-6-9(4-5-11(23)21(2)3)12-14(18)19-8-20-15(12)22/h6,8,10,13,16,24-25H,7H2,1-3H3,(H,29,30)(H2,18,19,20)(H2,26,27,28)/t10?,13?,16?,17-/m1/s1. The first-order chi connectivity index (χ1) is 16.0. The molecule has 0 aliphatic carbocycles. The highest BCUT2D eigenvalue weighted by molar-refractivity contribution is 7.60. The van der Waals surface area contributed by atoms with E-state index in [-0.39, 0.29) is 22.4 Å².